The maximum atomic E-state index is 10.8. The first-order chi connectivity index (χ1) is 4.95. The number of nitrogens with zero attached hydrogens (tertiary/aromatic N) is 1. The van der Waals surface area contributed by atoms with Crippen molar-refractivity contribution in [1.82, 2.24) is 4.90 Å². The third-order valence-corrected chi connectivity index (χ3v) is 1.10. The molecule has 4 nitrogen and oxygen atoms in total. The Morgan fingerprint density at radius 2 is 2.00 bits per heavy atom. The largest absolute Gasteiger partial charge is 0.430 e. The van der Waals surface area contributed by atoms with E-state index in [2.05, 4.69) is 4.74 Å². The van der Waals surface area contributed by atoms with E-state index in [1.54, 1.807) is 0 Å². The Labute approximate surface area is 70.1 Å². The minimum absolute atomic E-state index is 0.382. The second-order valence-electron chi connectivity index (χ2n) is 2.00. The van der Waals surface area contributed by atoms with Crippen LogP contribution in [-0.4, -0.2) is 29.5 Å². The Kier molecular flexibility index (Phi) is 3.89. The van der Waals surface area contributed by atoms with Gasteiger partial charge in [0.2, 0.25) is 5.91 Å². The minimum atomic E-state index is -0.736. The highest BCUT2D eigenvalue weighted by molar-refractivity contribution is 6.20. The Hall–Kier alpha value is -0.770. The summed E-state index contributed by atoms with van der Waals surface area (Å²) in [6.45, 7) is 2.76. The molecule has 0 aliphatic carbocycles. The van der Waals surface area contributed by atoms with Gasteiger partial charge in [-0.25, -0.2) is 4.79 Å². The molecule has 64 valence electrons. The summed E-state index contributed by atoms with van der Waals surface area (Å²) >= 11 is 5.34. The van der Waals surface area contributed by atoms with Crippen molar-refractivity contribution in [2.75, 3.05) is 7.05 Å². The molecule has 0 bridgehead atoms. The lowest BCUT2D eigenvalue weighted by molar-refractivity contribution is -0.126. The van der Waals surface area contributed by atoms with Crippen LogP contribution in [0.3, 0.4) is 0 Å². The van der Waals surface area contributed by atoms with E-state index in [0.717, 1.165) is 4.90 Å². The third-order valence-electron chi connectivity index (χ3n) is 1.01. The molecule has 0 spiro atoms. The lowest BCUT2D eigenvalue weighted by Crippen LogP contribution is -2.32. The van der Waals surface area contributed by atoms with E-state index in [1.165, 1.54) is 20.9 Å². The van der Waals surface area contributed by atoms with Crippen LogP contribution in [0.5, 0.6) is 0 Å². The van der Waals surface area contributed by atoms with E-state index >= 15 is 0 Å². The topological polar surface area (TPSA) is 46.6 Å². The quantitative estimate of drug-likeness (QED) is 0.568. The number of amides is 2. The smallest absolute Gasteiger partial charge is 0.417 e. The molecular formula is C6H10ClNO3. The fourth-order valence-electron chi connectivity index (χ4n) is 0.347. The molecule has 0 saturated carbocycles. The van der Waals surface area contributed by atoms with E-state index in [-0.39, 0.29) is 5.91 Å². The number of rotatable bonds is 1. The molecule has 0 radical (unpaired) electrons. The molecule has 0 aromatic heterocycles. The van der Waals surface area contributed by atoms with Gasteiger partial charge < -0.3 is 4.74 Å². The normalized spacial score (nSPS) is 12.0. The van der Waals surface area contributed by atoms with Gasteiger partial charge in [0.15, 0.2) is 5.56 Å². The average molecular weight is 180 g/mol. The Morgan fingerprint density at radius 3 is 2.27 bits per heavy atom. The molecule has 0 rings (SSSR count). The molecule has 0 N–H and O–H groups in total. The molecule has 2 amide bonds. The van der Waals surface area contributed by atoms with Crippen LogP contribution in [0.15, 0.2) is 0 Å². The Bertz CT molecular complexity index is 169. The molecule has 0 aromatic carbocycles. The molecule has 1 atom stereocenters. The van der Waals surface area contributed by atoms with Crippen LogP contribution in [0, 0.1) is 0 Å². The fraction of sp³-hybridized carbons (Fsp3) is 0.667. The van der Waals surface area contributed by atoms with Crippen LogP contribution in [0.25, 0.3) is 0 Å². The summed E-state index contributed by atoms with van der Waals surface area (Å²) in [5, 5.41) is 0. The number of imide groups is 1. The predicted molar refractivity (Wildman–Crippen MR) is 40.2 cm³/mol. The zero-order valence-corrected chi connectivity index (χ0v) is 7.38. The number of carbonyl (C=O) groups is 2. The van der Waals surface area contributed by atoms with Gasteiger partial charge in [-0.2, -0.15) is 0 Å². The predicted octanol–water partition coefficient (Wildman–Crippen LogP) is 1.19. The zero-order valence-electron chi connectivity index (χ0n) is 6.63. The van der Waals surface area contributed by atoms with Crippen LogP contribution in [-0.2, 0) is 9.53 Å². The summed E-state index contributed by atoms with van der Waals surface area (Å²) in [4.78, 5) is 22.2. The first-order valence-corrected chi connectivity index (χ1v) is 3.47. The van der Waals surface area contributed by atoms with Gasteiger partial charge >= 0.3 is 6.09 Å². The van der Waals surface area contributed by atoms with Crippen molar-refractivity contribution in [2.24, 2.45) is 0 Å². The summed E-state index contributed by atoms with van der Waals surface area (Å²) in [5.41, 5.74) is -0.718. The van der Waals surface area contributed by atoms with Crippen LogP contribution < -0.4 is 0 Å². The van der Waals surface area contributed by atoms with E-state index < -0.39 is 11.7 Å². The molecule has 0 saturated heterocycles. The van der Waals surface area contributed by atoms with Gasteiger partial charge in [-0.05, 0) is 6.92 Å². The lowest BCUT2D eigenvalue weighted by Gasteiger charge is -2.13. The lowest BCUT2D eigenvalue weighted by atomic mass is 10.6. The molecule has 0 heterocycles. The maximum absolute atomic E-state index is 10.8. The molecule has 5 heteroatoms. The number of hydrogen-bond acceptors (Lipinski definition) is 3. The fourth-order valence-corrected chi connectivity index (χ4v) is 0.423. The van der Waals surface area contributed by atoms with Gasteiger partial charge in [-0.3, -0.25) is 9.69 Å². The highest BCUT2D eigenvalue weighted by Gasteiger charge is 2.15. The van der Waals surface area contributed by atoms with Crippen molar-refractivity contribution in [3.05, 3.63) is 0 Å². The molecule has 11 heavy (non-hydrogen) atoms. The maximum Gasteiger partial charge on any atom is 0.417 e. The molecule has 0 aromatic rings. The number of alkyl halides is 1. The van der Waals surface area contributed by atoms with Crippen molar-refractivity contribution in [3.63, 3.8) is 0 Å². The summed E-state index contributed by atoms with van der Waals surface area (Å²) in [6, 6.07) is 0. The van der Waals surface area contributed by atoms with Crippen LogP contribution >= 0.6 is 11.6 Å². The third kappa shape index (κ3) is 3.83. The van der Waals surface area contributed by atoms with Crippen molar-refractivity contribution < 1.29 is 14.3 Å². The monoisotopic (exact) mass is 179 g/mol. The molecular weight excluding hydrogens is 170 g/mol. The van der Waals surface area contributed by atoms with Crippen LogP contribution in [0.2, 0.25) is 0 Å². The van der Waals surface area contributed by atoms with Gasteiger partial charge in [-0.15, -0.1) is 0 Å². The van der Waals surface area contributed by atoms with Gasteiger partial charge in [-0.1, -0.05) is 11.6 Å². The number of hydrogen-bond donors (Lipinski definition) is 0. The number of ether oxygens (including phenoxy) is 1. The first-order valence-electron chi connectivity index (χ1n) is 3.04. The second-order valence-corrected chi connectivity index (χ2v) is 2.62. The van der Waals surface area contributed by atoms with Crippen LogP contribution in [0.4, 0.5) is 4.79 Å². The summed E-state index contributed by atoms with van der Waals surface area (Å²) in [6.07, 6.45) is -0.736. The van der Waals surface area contributed by atoms with Gasteiger partial charge in [0.25, 0.3) is 0 Å². The first kappa shape index (κ1) is 10.2. The van der Waals surface area contributed by atoms with Crippen molar-refractivity contribution in [1.29, 1.82) is 0 Å². The van der Waals surface area contributed by atoms with Crippen molar-refractivity contribution in [3.8, 4) is 0 Å². The summed E-state index contributed by atoms with van der Waals surface area (Å²) in [7, 11) is 1.32. The number of carbonyl (C=O) groups excluding carboxylic acids is 2. The highest BCUT2D eigenvalue weighted by atomic mass is 35.5. The second kappa shape index (κ2) is 4.18. The molecule has 0 unspecified atom stereocenters. The highest BCUT2D eigenvalue weighted by Crippen LogP contribution is 1.99. The zero-order chi connectivity index (χ0) is 9.02. The van der Waals surface area contributed by atoms with Gasteiger partial charge in [0.05, 0.1) is 0 Å². The average Bonchev–Trinajstić information content (AvgIpc) is 1.84. The van der Waals surface area contributed by atoms with Gasteiger partial charge in [0.1, 0.15) is 0 Å². The Morgan fingerprint density at radius 1 is 1.55 bits per heavy atom. The molecule has 0 aliphatic rings. The van der Waals surface area contributed by atoms with Crippen LogP contribution in [0.1, 0.15) is 13.8 Å². The van der Waals surface area contributed by atoms with E-state index in [4.69, 9.17) is 11.6 Å². The number of halogens is 1. The Balaban J connectivity index is 3.93. The van der Waals surface area contributed by atoms with Crippen molar-refractivity contribution >= 4 is 23.6 Å². The standard InChI is InChI=1S/C6H10ClNO3/c1-4(7)11-6(10)8(3)5(2)9/h4H,1-3H3/t4-/m1/s1. The van der Waals surface area contributed by atoms with E-state index in [0.29, 0.717) is 0 Å². The molecule has 0 fully saturated rings. The van der Waals surface area contributed by atoms with Crippen molar-refractivity contribution in [2.45, 2.75) is 19.4 Å². The molecule has 0 aliphatic heterocycles. The SMILES string of the molecule is CC(=O)N(C)C(=O)O[C@H](C)Cl. The van der Waals surface area contributed by atoms with E-state index in [1.807, 2.05) is 0 Å². The summed E-state index contributed by atoms with van der Waals surface area (Å²) in [5.74, 6) is -0.382. The minimum Gasteiger partial charge on any atom is -0.430 e. The summed E-state index contributed by atoms with van der Waals surface area (Å²) < 4.78 is 4.50. The van der Waals surface area contributed by atoms with E-state index in [9.17, 15) is 9.59 Å². The van der Waals surface area contributed by atoms with Gasteiger partial charge in [0, 0.05) is 14.0 Å².